The van der Waals surface area contributed by atoms with E-state index in [1.165, 1.54) is 30.3 Å². The fourth-order valence-electron chi connectivity index (χ4n) is 2.78. The van der Waals surface area contributed by atoms with Crippen LogP contribution < -0.4 is 5.63 Å². The number of ether oxygens (including phenoxy) is 1. The summed E-state index contributed by atoms with van der Waals surface area (Å²) < 4.78 is 10.4. The van der Waals surface area contributed by atoms with Crippen LogP contribution in [-0.2, 0) is 22.6 Å². The zero-order valence-corrected chi connectivity index (χ0v) is 16.1. The van der Waals surface area contributed by atoms with Crippen molar-refractivity contribution in [2.45, 2.75) is 20.0 Å². The predicted octanol–water partition coefficient (Wildman–Crippen LogP) is 4.67. The number of fused-ring (bicyclic) bond motifs is 1. The summed E-state index contributed by atoms with van der Waals surface area (Å²) >= 11 is 6.24. The number of nitro groups is 1. The molecular weight excluding hydrogens is 398 g/mol. The molecule has 2 aromatic carbocycles. The van der Waals surface area contributed by atoms with Crippen LogP contribution >= 0.6 is 11.6 Å². The number of carbonyl (C=O) groups excluding carboxylic acids is 1. The third kappa shape index (κ3) is 4.89. The van der Waals surface area contributed by atoms with E-state index in [-0.39, 0.29) is 12.3 Å². The van der Waals surface area contributed by atoms with Crippen LogP contribution in [0.3, 0.4) is 0 Å². The molecule has 3 aromatic rings. The maximum absolute atomic E-state index is 12.0. The Hall–Kier alpha value is -3.45. The second-order valence-electron chi connectivity index (χ2n) is 6.18. The van der Waals surface area contributed by atoms with Gasteiger partial charge in [-0.3, -0.25) is 10.1 Å². The first-order chi connectivity index (χ1) is 13.9. The normalized spacial score (nSPS) is 11.1. The number of benzene rings is 2. The van der Waals surface area contributed by atoms with Gasteiger partial charge in [0, 0.05) is 40.2 Å². The summed E-state index contributed by atoms with van der Waals surface area (Å²) in [5.41, 5.74) is 1.54. The van der Waals surface area contributed by atoms with E-state index in [4.69, 9.17) is 20.8 Å². The summed E-state index contributed by atoms with van der Waals surface area (Å²) in [5.74, 6) is -0.658. The first-order valence-corrected chi connectivity index (χ1v) is 9.09. The fourth-order valence-corrected chi connectivity index (χ4v) is 3.08. The molecule has 0 atom stereocenters. The van der Waals surface area contributed by atoms with Gasteiger partial charge in [0.25, 0.3) is 5.69 Å². The molecule has 0 amide bonds. The van der Waals surface area contributed by atoms with E-state index in [1.807, 2.05) is 6.92 Å². The minimum Gasteiger partial charge on any atom is -0.458 e. The highest BCUT2D eigenvalue weighted by atomic mass is 35.5. The quantitative estimate of drug-likeness (QED) is 0.191. The molecule has 0 bridgehead atoms. The number of hydrogen-bond acceptors (Lipinski definition) is 6. The molecule has 0 aliphatic heterocycles. The Kier molecular flexibility index (Phi) is 6.09. The van der Waals surface area contributed by atoms with E-state index in [9.17, 15) is 19.7 Å². The van der Waals surface area contributed by atoms with Gasteiger partial charge in [-0.1, -0.05) is 30.7 Å². The molecule has 1 heterocycles. The Morgan fingerprint density at radius 1 is 1.24 bits per heavy atom. The zero-order valence-electron chi connectivity index (χ0n) is 15.4. The Balaban J connectivity index is 1.77. The van der Waals surface area contributed by atoms with Crippen molar-refractivity contribution in [3.05, 3.63) is 90.8 Å². The lowest BCUT2D eigenvalue weighted by molar-refractivity contribution is -0.384. The summed E-state index contributed by atoms with van der Waals surface area (Å²) in [6, 6.07) is 10.5. The van der Waals surface area contributed by atoms with Crippen LogP contribution in [0.5, 0.6) is 0 Å². The van der Waals surface area contributed by atoms with Crippen molar-refractivity contribution in [1.29, 1.82) is 0 Å². The molecular formula is C21H16ClNO6. The van der Waals surface area contributed by atoms with Gasteiger partial charge < -0.3 is 9.15 Å². The van der Waals surface area contributed by atoms with Gasteiger partial charge in [0.1, 0.15) is 12.2 Å². The van der Waals surface area contributed by atoms with E-state index in [0.717, 1.165) is 11.6 Å². The molecule has 7 nitrogen and oxygen atoms in total. The molecule has 29 heavy (non-hydrogen) atoms. The minimum atomic E-state index is -0.658. The molecule has 3 rings (SSSR count). The maximum atomic E-state index is 12.0. The topological polar surface area (TPSA) is 99.7 Å². The number of esters is 1. The van der Waals surface area contributed by atoms with Crippen LogP contribution in [0.15, 0.2) is 57.8 Å². The molecule has 148 valence electrons. The van der Waals surface area contributed by atoms with E-state index in [0.29, 0.717) is 33.5 Å². The number of nitro benzene ring substituents is 1. The molecule has 0 radical (unpaired) electrons. The lowest BCUT2D eigenvalue weighted by atomic mass is 10.1. The van der Waals surface area contributed by atoms with Gasteiger partial charge >= 0.3 is 11.6 Å². The summed E-state index contributed by atoms with van der Waals surface area (Å²) in [4.78, 5) is 34.1. The summed E-state index contributed by atoms with van der Waals surface area (Å²) in [6.45, 7) is 1.78. The largest absolute Gasteiger partial charge is 0.458 e. The number of rotatable bonds is 6. The lowest BCUT2D eigenvalue weighted by Crippen LogP contribution is -2.06. The second kappa shape index (κ2) is 8.70. The highest BCUT2D eigenvalue weighted by molar-refractivity contribution is 6.32. The Morgan fingerprint density at radius 3 is 2.76 bits per heavy atom. The number of non-ortho nitro benzene ring substituents is 1. The highest BCUT2D eigenvalue weighted by Gasteiger charge is 2.11. The summed E-state index contributed by atoms with van der Waals surface area (Å²) in [7, 11) is 0. The first-order valence-electron chi connectivity index (χ1n) is 8.72. The van der Waals surface area contributed by atoms with Crippen molar-refractivity contribution in [2.75, 3.05) is 0 Å². The van der Waals surface area contributed by atoms with E-state index < -0.39 is 16.5 Å². The zero-order chi connectivity index (χ0) is 21.0. The maximum Gasteiger partial charge on any atom is 0.336 e. The number of halogens is 1. The van der Waals surface area contributed by atoms with Crippen LogP contribution in [0, 0.1) is 10.1 Å². The summed E-state index contributed by atoms with van der Waals surface area (Å²) in [6.07, 6.45) is 3.26. The van der Waals surface area contributed by atoms with Crippen molar-refractivity contribution < 1.29 is 18.9 Å². The highest BCUT2D eigenvalue weighted by Crippen LogP contribution is 2.26. The molecule has 0 unspecified atom stereocenters. The minimum absolute atomic E-state index is 0.0775. The first kappa shape index (κ1) is 20.3. The number of nitrogens with zero attached hydrogens (tertiary/aromatic N) is 1. The van der Waals surface area contributed by atoms with E-state index >= 15 is 0 Å². The molecule has 0 saturated heterocycles. The third-order valence-corrected chi connectivity index (χ3v) is 4.59. The molecule has 0 aliphatic rings. The Labute approximate surface area is 170 Å². The average Bonchev–Trinajstić information content (AvgIpc) is 2.70. The number of hydrogen-bond donors (Lipinski definition) is 0. The smallest absolute Gasteiger partial charge is 0.336 e. The second-order valence-corrected chi connectivity index (χ2v) is 6.58. The number of aryl methyl sites for hydroxylation is 1. The van der Waals surface area contributed by atoms with Crippen LogP contribution in [0.2, 0.25) is 5.02 Å². The average molecular weight is 414 g/mol. The molecule has 0 spiro atoms. The molecule has 0 N–H and O–H groups in total. The van der Waals surface area contributed by atoms with Gasteiger partial charge in [0.15, 0.2) is 0 Å². The van der Waals surface area contributed by atoms with Gasteiger partial charge in [0.05, 0.1) is 4.92 Å². The van der Waals surface area contributed by atoms with Gasteiger partial charge in [-0.25, -0.2) is 9.59 Å². The van der Waals surface area contributed by atoms with Gasteiger partial charge in [0.2, 0.25) is 0 Å². The van der Waals surface area contributed by atoms with Crippen molar-refractivity contribution >= 4 is 40.3 Å². The monoisotopic (exact) mass is 413 g/mol. The SMILES string of the molecule is CCc1cc2oc(=O)cc(COC(=O)/C=C/c3cccc([N+](=O)[O-])c3)c2cc1Cl. The van der Waals surface area contributed by atoms with Crippen LogP contribution in [0.1, 0.15) is 23.6 Å². The van der Waals surface area contributed by atoms with Crippen LogP contribution in [0.4, 0.5) is 5.69 Å². The standard InChI is InChI=1S/C21H16ClNO6/c1-2-14-9-19-17(11-18(14)22)15(10-21(25)29-19)12-28-20(24)7-6-13-4-3-5-16(8-13)23(26)27/h3-11H,2,12H2,1H3/b7-6+. The van der Waals surface area contributed by atoms with Gasteiger partial charge in [-0.05, 0) is 35.8 Å². The van der Waals surface area contributed by atoms with Crippen molar-refractivity contribution in [1.82, 2.24) is 0 Å². The summed E-state index contributed by atoms with van der Waals surface area (Å²) in [5, 5.41) is 11.9. The lowest BCUT2D eigenvalue weighted by Gasteiger charge is -2.08. The van der Waals surface area contributed by atoms with Gasteiger partial charge in [-0.2, -0.15) is 0 Å². The number of carbonyl (C=O) groups is 1. The third-order valence-electron chi connectivity index (χ3n) is 4.24. The predicted molar refractivity (Wildman–Crippen MR) is 109 cm³/mol. The molecule has 8 heteroatoms. The van der Waals surface area contributed by atoms with E-state index in [1.54, 1.807) is 18.2 Å². The molecule has 1 aromatic heterocycles. The fraction of sp³-hybridized carbons (Fsp3) is 0.143. The Morgan fingerprint density at radius 2 is 2.03 bits per heavy atom. The van der Waals surface area contributed by atoms with Crippen molar-refractivity contribution in [2.24, 2.45) is 0 Å². The molecule has 0 aliphatic carbocycles. The molecule has 0 saturated carbocycles. The van der Waals surface area contributed by atoms with Gasteiger partial charge in [-0.15, -0.1) is 0 Å². The van der Waals surface area contributed by atoms with Crippen molar-refractivity contribution in [3.8, 4) is 0 Å². The molecule has 0 fully saturated rings. The van der Waals surface area contributed by atoms with Crippen LogP contribution in [0.25, 0.3) is 17.0 Å². The van der Waals surface area contributed by atoms with Crippen molar-refractivity contribution in [3.63, 3.8) is 0 Å². The van der Waals surface area contributed by atoms with Crippen LogP contribution in [-0.4, -0.2) is 10.9 Å². The van der Waals surface area contributed by atoms with E-state index in [2.05, 4.69) is 0 Å². The Bertz CT molecular complexity index is 1180.